The predicted octanol–water partition coefficient (Wildman–Crippen LogP) is -0.0331. The second-order valence-corrected chi connectivity index (χ2v) is 7.97. The molecule has 0 radical (unpaired) electrons. The number of benzene rings is 1. The van der Waals surface area contributed by atoms with Gasteiger partial charge in [-0.1, -0.05) is 23.0 Å². The third-order valence-corrected chi connectivity index (χ3v) is 5.83. The Morgan fingerprint density at radius 1 is 1.38 bits per heavy atom. The highest BCUT2D eigenvalue weighted by molar-refractivity contribution is 8.14. The van der Waals surface area contributed by atoms with Crippen molar-refractivity contribution < 1.29 is 19.7 Å². The minimum absolute atomic E-state index is 0.238. The van der Waals surface area contributed by atoms with Crippen LogP contribution in [0.3, 0.4) is 0 Å². The van der Waals surface area contributed by atoms with Crippen LogP contribution in [0, 0.1) is 0 Å². The molecule has 1 aromatic carbocycles. The summed E-state index contributed by atoms with van der Waals surface area (Å²) in [6.45, 7) is 3.07. The summed E-state index contributed by atoms with van der Waals surface area (Å²) in [7, 11) is 0. The lowest BCUT2D eigenvalue weighted by Crippen LogP contribution is -2.59. The first-order valence-electron chi connectivity index (χ1n) is 9.40. The van der Waals surface area contributed by atoms with Crippen molar-refractivity contribution in [2.45, 2.75) is 49.9 Å². The van der Waals surface area contributed by atoms with Crippen LogP contribution in [0.5, 0.6) is 5.75 Å². The van der Waals surface area contributed by atoms with Crippen LogP contribution in [-0.2, 0) is 17.9 Å². The molecule has 4 rings (SSSR count). The summed E-state index contributed by atoms with van der Waals surface area (Å²) >= 11 is 1.42. The summed E-state index contributed by atoms with van der Waals surface area (Å²) in [6.07, 6.45) is -0.914. The first-order chi connectivity index (χ1) is 14.0. The number of thioether (sulfide) groups is 1. The average Bonchev–Trinajstić information content (AvgIpc) is 3.31. The van der Waals surface area contributed by atoms with E-state index in [4.69, 9.17) is 15.2 Å². The number of aliphatic hydroxyl groups is 2. The van der Waals surface area contributed by atoms with Crippen LogP contribution in [-0.4, -0.2) is 66.7 Å². The van der Waals surface area contributed by atoms with Gasteiger partial charge >= 0.3 is 0 Å². The van der Waals surface area contributed by atoms with Gasteiger partial charge in [-0.25, -0.2) is 4.68 Å². The number of nitrogens with zero attached hydrogens (tertiary/aromatic N) is 4. The molecule has 0 saturated carbocycles. The van der Waals surface area contributed by atoms with E-state index in [0.29, 0.717) is 23.7 Å². The number of anilines is 1. The van der Waals surface area contributed by atoms with Crippen LogP contribution < -0.4 is 15.8 Å². The molecular weight excluding hydrogens is 396 g/mol. The number of amidine groups is 1. The van der Waals surface area contributed by atoms with Crippen molar-refractivity contribution in [2.24, 2.45) is 4.99 Å². The molecule has 3 heterocycles. The molecule has 11 heteroatoms. The molecule has 29 heavy (non-hydrogen) atoms. The van der Waals surface area contributed by atoms with Gasteiger partial charge in [-0.2, -0.15) is 0 Å². The Hall–Kier alpha value is -2.34. The number of aliphatic hydroxyl groups excluding tert-OH is 2. The van der Waals surface area contributed by atoms with Crippen molar-refractivity contribution in [1.29, 1.82) is 0 Å². The molecule has 0 amide bonds. The number of fused-ring (bicyclic) bond motifs is 1. The van der Waals surface area contributed by atoms with Gasteiger partial charge in [0.25, 0.3) is 0 Å². The first-order valence-corrected chi connectivity index (χ1v) is 10.3. The largest absolute Gasteiger partial charge is 0.487 e. The number of aromatic nitrogens is 3. The molecule has 10 nitrogen and oxygen atoms in total. The van der Waals surface area contributed by atoms with E-state index in [2.05, 4.69) is 20.6 Å². The number of hydrogen-bond donors (Lipinski definition) is 4. The SMILES string of the molecule is CCN=C1N[C@@H]2[C@@H](O)[C@H](O)[C@@H](Cn3cc(COc4cccc(N)c4)nn3)O[C@@H]2S1. The molecule has 2 aliphatic rings. The minimum atomic E-state index is -1.05. The van der Waals surface area contributed by atoms with Gasteiger partial charge in [-0.05, 0) is 19.1 Å². The highest BCUT2D eigenvalue weighted by atomic mass is 32.2. The Morgan fingerprint density at radius 2 is 2.24 bits per heavy atom. The van der Waals surface area contributed by atoms with E-state index in [9.17, 15) is 10.2 Å². The van der Waals surface area contributed by atoms with Crippen LogP contribution in [0.2, 0.25) is 0 Å². The van der Waals surface area contributed by atoms with Gasteiger partial charge in [-0.3, -0.25) is 4.99 Å². The normalized spacial score (nSPS) is 30.2. The Balaban J connectivity index is 1.36. The van der Waals surface area contributed by atoms with E-state index in [1.54, 1.807) is 23.0 Å². The summed E-state index contributed by atoms with van der Waals surface area (Å²) in [5.41, 5.74) is 6.67. The Kier molecular flexibility index (Phi) is 5.90. The Bertz CT molecular complexity index is 878. The van der Waals surface area contributed by atoms with E-state index in [1.165, 1.54) is 11.8 Å². The zero-order valence-corrected chi connectivity index (χ0v) is 16.7. The second kappa shape index (κ2) is 8.57. The summed E-state index contributed by atoms with van der Waals surface area (Å²) in [5, 5.41) is 33.0. The van der Waals surface area contributed by atoms with Gasteiger partial charge in [0, 0.05) is 18.3 Å². The van der Waals surface area contributed by atoms with Gasteiger partial charge < -0.3 is 30.7 Å². The highest BCUT2D eigenvalue weighted by Crippen LogP contribution is 2.34. The zero-order valence-electron chi connectivity index (χ0n) is 15.9. The third kappa shape index (κ3) is 4.47. The summed E-state index contributed by atoms with van der Waals surface area (Å²) in [4.78, 5) is 4.32. The van der Waals surface area contributed by atoms with E-state index in [0.717, 1.165) is 5.17 Å². The van der Waals surface area contributed by atoms with E-state index >= 15 is 0 Å². The molecule has 0 spiro atoms. The maximum absolute atomic E-state index is 10.5. The molecule has 2 fully saturated rings. The van der Waals surface area contributed by atoms with E-state index in [-0.39, 0.29) is 18.6 Å². The highest BCUT2D eigenvalue weighted by Gasteiger charge is 2.49. The molecular formula is C18H24N6O4S. The van der Waals surface area contributed by atoms with Crippen LogP contribution in [0.25, 0.3) is 0 Å². The summed E-state index contributed by atoms with van der Waals surface area (Å²) in [5.74, 6) is 0.648. The number of nitrogens with one attached hydrogen (secondary N) is 1. The van der Waals surface area contributed by atoms with Crippen molar-refractivity contribution in [3.05, 3.63) is 36.2 Å². The molecule has 2 aliphatic heterocycles. The Morgan fingerprint density at radius 3 is 3.03 bits per heavy atom. The maximum Gasteiger partial charge on any atom is 0.159 e. The zero-order chi connectivity index (χ0) is 20.4. The first kappa shape index (κ1) is 20.0. The monoisotopic (exact) mass is 420 g/mol. The number of aliphatic imine (C=N–C) groups is 1. The number of hydrogen-bond acceptors (Lipinski definition) is 9. The molecule has 2 aromatic rings. The van der Waals surface area contributed by atoms with Crippen molar-refractivity contribution in [2.75, 3.05) is 12.3 Å². The quantitative estimate of drug-likeness (QED) is 0.474. The van der Waals surface area contributed by atoms with Crippen LogP contribution in [0.15, 0.2) is 35.5 Å². The molecule has 0 aliphatic carbocycles. The molecule has 0 unspecified atom stereocenters. The predicted molar refractivity (Wildman–Crippen MR) is 108 cm³/mol. The van der Waals surface area contributed by atoms with E-state index in [1.807, 2.05) is 19.1 Å². The molecule has 2 saturated heterocycles. The third-order valence-electron chi connectivity index (χ3n) is 4.72. The lowest BCUT2D eigenvalue weighted by atomic mass is 9.98. The number of nitrogens with two attached hydrogens (primary N) is 1. The lowest BCUT2D eigenvalue weighted by Gasteiger charge is -2.38. The van der Waals surface area contributed by atoms with Crippen molar-refractivity contribution in [1.82, 2.24) is 20.3 Å². The molecule has 1 aromatic heterocycles. The fraction of sp³-hybridized carbons (Fsp3) is 0.500. The maximum atomic E-state index is 10.5. The van der Waals surface area contributed by atoms with Gasteiger partial charge in [0.2, 0.25) is 0 Å². The molecule has 0 bridgehead atoms. The smallest absolute Gasteiger partial charge is 0.159 e. The average molecular weight is 420 g/mol. The summed E-state index contributed by atoms with van der Waals surface area (Å²) < 4.78 is 13.2. The molecule has 5 atom stereocenters. The van der Waals surface area contributed by atoms with E-state index < -0.39 is 24.4 Å². The second-order valence-electron chi connectivity index (χ2n) is 6.88. The number of nitrogen functional groups attached to an aromatic ring is 1. The lowest BCUT2D eigenvalue weighted by molar-refractivity contribution is -0.160. The van der Waals surface area contributed by atoms with Gasteiger partial charge in [0.15, 0.2) is 5.17 Å². The standard InChI is InChI=1S/C18H24N6O4S/c1-2-20-18-21-14-16(26)15(25)13(28-17(14)29-18)8-24-7-11(22-23-24)9-27-12-5-3-4-10(19)6-12/h3-7,13-17,25-26H,2,8-9,19H2,1H3,(H,20,21)/t13-,14-,15-,16-,17-/m1/s1. The minimum Gasteiger partial charge on any atom is -0.487 e. The van der Waals surface area contributed by atoms with Crippen molar-refractivity contribution in [3.8, 4) is 5.75 Å². The topological polar surface area (TPSA) is 140 Å². The van der Waals surface area contributed by atoms with Gasteiger partial charge in [-0.15, -0.1) is 5.10 Å². The Labute approximate surface area is 172 Å². The van der Waals surface area contributed by atoms with Crippen LogP contribution in [0.1, 0.15) is 12.6 Å². The van der Waals surface area contributed by atoms with Crippen LogP contribution >= 0.6 is 11.8 Å². The van der Waals surface area contributed by atoms with Crippen molar-refractivity contribution >= 4 is 22.6 Å². The molecule has 156 valence electrons. The van der Waals surface area contributed by atoms with Crippen molar-refractivity contribution in [3.63, 3.8) is 0 Å². The van der Waals surface area contributed by atoms with Gasteiger partial charge in [0.05, 0.1) is 18.8 Å². The number of rotatable bonds is 6. The number of ether oxygens (including phenoxy) is 2. The van der Waals surface area contributed by atoms with Gasteiger partial charge in [0.1, 0.15) is 41.8 Å². The van der Waals surface area contributed by atoms with Crippen LogP contribution in [0.4, 0.5) is 5.69 Å². The fourth-order valence-corrected chi connectivity index (χ4v) is 4.49. The fourth-order valence-electron chi connectivity index (χ4n) is 3.29. The molecule has 5 N–H and O–H groups in total. The summed E-state index contributed by atoms with van der Waals surface area (Å²) in [6, 6.07) is 6.75.